The van der Waals surface area contributed by atoms with Crippen molar-refractivity contribution in [3.63, 3.8) is 0 Å². The Hall–Kier alpha value is -0.290. The molecule has 0 aromatic carbocycles. The molecular weight excluding hydrogens is 193 g/mol. The highest BCUT2D eigenvalue weighted by atomic mass is 19.4. The molecule has 0 unspecified atom stereocenters. The number of hydrogen-bond acceptors (Lipinski definition) is 2. The lowest BCUT2D eigenvalue weighted by Gasteiger charge is -2.33. The van der Waals surface area contributed by atoms with Crippen molar-refractivity contribution in [2.75, 3.05) is 13.1 Å². The molecule has 14 heavy (non-hydrogen) atoms. The van der Waals surface area contributed by atoms with Crippen molar-refractivity contribution in [3.05, 3.63) is 0 Å². The Balaban J connectivity index is 4.32. The van der Waals surface area contributed by atoms with Crippen LogP contribution in [0, 0.1) is 0 Å². The highest BCUT2D eigenvalue weighted by Crippen LogP contribution is 2.19. The van der Waals surface area contributed by atoms with Gasteiger partial charge in [-0.2, -0.15) is 13.2 Å². The third-order valence-electron chi connectivity index (χ3n) is 1.72. The number of hydrogen-bond donors (Lipinski definition) is 1. The normalized spacial score (nSPS) is 14.1. The lowest BCUT2D eigenvalue weighted by Crippen LogP contribution is -2.50. The van der Waals surface area contributed by atoms with E-state index in [2.05, 4.69) is 0 Å². The minimum atomic E-state index is -4.16. The maximum absolute atomic E-state index is 12.2. The van der Waals surface area contributed by atoms with Gasteiger partial charge < -0.3 is 5.73 Å². The molecule has 0 amide bonds. The summed E-state index contributed by atoms with van der Waals surface area (Å²) in [5.74, 6) is 0. The smallest absolute Gasteiger partial charge is 0.324 e. The lowest BCUT2D eigenvalue weighted by atomic mass is 10.1. The zero-order valence-electron chi connectivity index (χ0n) is 9.15. The van der Waals surface area contributed by atoms with Gasteiger partial charge in [-0.1, -0.05) is 0 Å². The van der Waals surface area contributed by atoms with Crippen molar-refractivity contribution in [2.24, 2.45) is 5.73 Å². The van der Waals surface area contributed by atoms with E-state index in [-0.39, 0.29) is 12.6 Å². The molecule has 0 saturated carbocycles. The topological polar surface area (TPSA) is 29.3 Å². The predicted octanol–water partition coefficient (Wildman–Crippen LogP) is 2.00. The van der Waals surface area contributed by atoms with E-state index in [1.807, 2.05) is 0 Å². The second kappa shape index (κ2) is 4.49. The molecule has 0 aliphatic rings. The summed E-state index contributed by atoms with van der Waals surface area (Å²) in [5.41, 5.74) is 5.08. The van der Waals surface area contributed by atoms with Gasteiger partial charge in [-0.25, -0.2) is 0 Å². The van der Waals surface area contributed by atoms with E-state index in [9.17, 15) is 13.2 Å². The second-order valence-electron chi connectivity index (χ2n) is 4.60. The highest BCUT2D eigenvalue weighted by Gasteiger charge is 2.33. The Morgan fingerprint density at radius 1 is 1.14 bits per heavy atom. The van der Waals surface area contributed by atoms with Crippen molar-refractivity contribution in [2.45, 2.75) is 45.5 Å². The first-order valence-corrected chi connectivity index (χ1v) is 4.61. The van der Waals surface area contributed by atoms with Gasteiger partial charge in [0.05, 0.1) is 6.54 Å². The molecule has 0 aromatic rings. The average molecular weight is 212 g/mol. The molecule has 2 N–H and O–H groups in total. The van der Waals surface area contributed by atoms with E-state index in [1.165, 1.54) is 4.90 Å². The fraction of sp³-hybridized carbons (Fsp3) is 1.00. The minimum Gasteiger partial charge on any atom is -0.324 e. The van der Waals surface area contributed by atoms with E-state index >= 15 is 0 Å². The molecule has 0 rings (SSSR count). The molecule has 0 atom stereocenters. The van der Waals surface area contributed by atoms with Gasteiger partial charge in [0.25, 0.3) is 0 Å². The van der Waals surface area contributed by atoms with Crippen molar-refractivity contribution < 1.29 is 13.2 Å². The molecule has 2 nitrogen and oxygen atoms in total. The summed E-state index contributed by atoms with van der Waals surface area (Å²) in [6.45, 7) is 6.25. The molecule has 86 valence electrons. The average Bonchev–Trinajstić information content (AvgIpc) is 1.78. The van der Waals surface area contributed by atoms with Crippen molar-refractivity contribution >= 4 is 0 Å². The van der Waals surface area contributed by atoms with Crippen LogP contribution in [0.4, 0.5) is 13.2 Å². The van der Waals surface area contributed by atoms with Crippen LogP contribution in [0.2, 0.25) is 0 Å². The van der Waals surface area contributed by atoms with Gasteiger partial charge in [-0.3, -0.25) is 4.90 Å². The van der Waals surface area contributed by atoms with E-state index in [0.717, 1.165) is 0 Å². The van der Waals surface area contributed by atoms with Gasteiger partial charge >= 0.3 is 6.18 Å². The summed E-state index contributed by atoms with van der Waals surface area (Å²) in [5, 5.41) is 0. The lowest BCUT2D eigenvalue weighted by molar-refractivity contribution is -0.150. The van der Waals surface area contributed by atoms with Crippen LogP contribution in [0.25, 0.3) is 0 Å². The Kier molecular flexibility index (Phi) is 4.39. The zero-order valence-corrected chi connectivity index (χ0v) is 9.15. The van der Waals surface area contributed by atoms with Crippen LogP contribution in [-0.4, -0.2) is 35.7 Å². The van der Waals surface area contributed by atoms with E-state index in [1.54, 1.807) is 27.7 Å². The number of rotatable bonds is 4. The minimum absolute atomic E-state index is 0.153. The van der Waals surface area contributed by atoms with E-state index in [4.69, 9.17) is 5.73 Å². The molecule has 0 aromatic heterocycles. The molecule has 0 saturated heterocycles. The number of halogens is 3. The van der Waals surface area contributed by atoms with Gasteiger partial charge in [0.1, 0.15) is 0 Å². The van der Waals surface area contributed by atoms with Crippen molar-refractivity contribution in [1.82, 2.24) is 4.90 Å². The molecule has 0 aliphatic heterocycles. The summed E-state index contributed by atoms with van der Waals surface area (Å²) < 4.78 is 36.5. The monoisotopic (exact) mass is 212 g/mol. The van der Waals surface area contributed by atoms with Gasteiger partial charge in [-0.15, -0.1) is 0 Å². The third kappa shape index (κ3) is 7.15. The molecule has 0 aliphatic carbocycles. The maximum atomic E-state index is 12.2. The van der Waals surface area contributed by atoms with Gasteiger partial charge in [-0.05, 0) is 27.7 Å². The van der Waals surface area contributed by atoms with Crippen LogP contribution in [-0.2, 0) is 0 Å². The molecule has 0 spiro atoms. The predicted molar refractivity (Wildman–Crippen MR) is 51.0 cm³/mol. The Morgan fingerprint density at radius 3 is 1.79 bits per heavy atom. The molecular formula is C9H19F3N2. The fourth-order valence-corrected chi connectivity index (χ4v) is 1.17. The summed E-state index contributed by atoms with van der Waals surface area (Å²) in [7, 11) is 0. The van der Waals surface area contributed by atoms with Gasteiger partial charge in [0.15, 0.2) is 0 Å². The largest absolute Gasteiger partial charge is 0.401 e. The summed E-state index contributed by atoms with van der Waals surface area (Å²) in [4.78, 5) is 1.33. The number of nitrogens with zero attached hydrogens (tertiary/aromatic N) is 1. The third-order valence-corrected chi connectivity index (χ3v) is 1.72. The van der Waals surface area contributed by atoms with Crippen molar-refractivity contribution in [1.29, 1.82) is 0 Å². The first-order chi connectivity index (χ1) is 6.01. The summed E-state index contributed by atoms with van der Waals surface area (Å²) in [6, 6.07) is -0.153. The van der Waals surface area contributed by atoms with Gasteiger partial charge in [0, 0.05) is 18.1 Å². The second-order valence-corrected chi connectivity index (χ2v) is 4.60. The highest BCUT2D eigenvalue weighted by molar-refractivity contribution is 4.80. The first kappa shape index (κ1) is 13.7. The Bertz CT molecular complexity index is 154. The van der Waals surface area contributed by atoms with Crippen LogP contribution in [0.15, 0.2) is 0 Å². The Morgan fingerprint density at radius 2 is 1.57 bits per heavy atom. The van der Waals surface area contributed by atoms with Crippen molar-refractivity contribution in [3.8, 4) is 0 Å². The Labute approximate surface area is 83.3 Å². The van der Waals surface area contributed by atoms with Gasteiger partial charge in [0.2, 0.25) is 0 Å². The summed E-state index contributed by atoms with van der Waals surface area (Å²) in [6.07, 6.45) is -4.16. The SMILES string of the molecule is CC(C)N(CC(C)(C)N)CC(F)(F)F. The zero-order chi connectivity index (χ0) is 11.6. The van der Waals surface area contributed by atoms with Crippen LogP contribution >= 0.6 is 0 Å². The van der Waals surface area contributed by atoms with E-state index in [0.29, 0.717) is 0 Å². The van der Waals surface area contributed by atoms with Crippen LogP contribution in [0.3, 0.4) is 0 Å². The summed E-state index contributed by atoms with van der Waals surface area (Å²) >= 11 is 0. The van der Waals surface area contributed by atoms with Crippen LogP contribution < -0.4 is 5.73 Å². The standard InChI is InChI=1S/C9H19F3N2/c1-7(2)14(5-8(3,4)13)6-9(10,11)12/h7H,5-6,13H2,1-4H3. The fourth-order valence-electron chi connectivity index (χ4n) is 1.17. The maximum Gasteiger partial charge on any atom is 0.401 e. The molecule has 0 fully saturated rings. The molecule has 0 bridgehead atoms. The molecule has 0 heterocycles. The number of alkyl halides is 3. The molecule has 5 heteroatoms. The quantitative estimate of drug-likeness (QED) is 0.772. The van der Waals surface area contributed by atoms with Crippen LogP contribution in [0.5, 0.6) is 0 Å². The van der Waals surface area contributed by atoms with Crippen LogP contribution in [0.1, 0.15) is 27.7 Å². The number of nitrogens with two attached hydrogens (primary N) is 1. The first-order valence-electron chi connectivity index (χ1n) is 4.61. The molecule has 0 radical (unpaired) electrons. The van der Waals surface area contributed by atoms with E-state index < -0.39 is 18.3 Å².